The van der Waals surface area contributed by atoms with Crippen molar-refractivity contribution >= 4 is 11.1 Å². The Morgan fingerprint density at radius 1 is 1.83 bits per heavy atom. The molecule has 0 fully saturated rings. The fraction of sp³-hybridized carbons (Fsp3) is 1.00. The van der Waals surface area contributed by atoms with Gasteiger partial charge in [-0.1, -0.05) is 0 Å². The van der Waals surface area contributed by atoms with Crippen LogP contribution in [0.5, 0.6) is 0 Å². The predicted molar refractivity (Wildman–Crippen MR) is 16.0 cm³/mol. The van der Waals surface area contributed by atoms with Crippen LogP contribution in [0.3, 0.4) is 0 Å². The van der Waals surface area contributed by atoms with Crippen LogP contribution in [0.4, 0.5) is 0 Å². The predicted octanol–water partition coefficient (Wildman–Crippen LogP) is -4.18. The van der Waals surface area contributed by atoms with Gasteiger partial charge in [0.2, 0.25) is 0 Å². The molecule has 0 saturated heterocycles. The molecule has 1 atom stereocenters. The summed E-state index contributed by atoms with van der Waals surface area (Å²) in [5, 5.41) is 7.53. The molecule has 1 unspecified atom stereocenters. The van der Waals surface area contributed by atoms with Crippen molar-refractivity contribution < 1.29 is 65.3 Å². The molecule has 0 amide bonds. The number of hydrogen-bond donors (Lipinski definition) is 1. The normalized spacial score (nSPS) is 12.3. The van der Waals surface area contributed by atoms with Gasteiger partial charge in [-0.3, -0.25) is 4.21 Å². The first-order valence-corrected chi connectivity index (χ1v) is 2.18. The molecule has 0 heterocycles. The van der Waals surface area contributed by atoms with E-state index in [2.05, 4.69) is 0 Å². The molecule has 0 bridgehead atoms. The van der Waals surface area contributed by atoms with Gasteiger partial charge in [0, 0.05) is 0 Å². The summed E-state index contributed by atoms with van der Waals surface area (Å²) < 4.78 is 18.2. The quantitative estimate of drug-likeness (QED) is 0.292. The molecule has 3 nitrogen and oxygen atoms in total. The third-order valence-electron chi connectivity index (χ3n) is 0.105. The molecule has 0 aliphatic heterocycles. The summed E-state index contributed by atoms with van der Waals surface area (Å²) in [6, 6.07) is 0. The van der Waals surface area contributed by atoms with Gasteiger partial charge in [0.05, 0.1) is 0 Å². The zero-order valence-electron chi connectivity index (χ0n) is 3.38. The van der Waals surface area contributed by atoms with Crippen molar-refractivity contribution in [1.82, 2.24) is 0 Å². The van der Waals surface area contributed by atoms with Crippen molar-refractivity contribution in [3.63, 3.8) is 0 Å². The molecular weight excluding hydrogens is 131 g/mol. The molecule has 6 heavy (non-hydrogen) atoms. The van der Waals surface area contributed by atoms with E-state index in [4.69, 9.17) is 13.9 Å². The van der Waals surface area contributed by atoms with Crippen LogP contribution in [0.1, 0.15) is 0 Å². The van der Waals surface area contributed by atoms with Crippen molar-refractivity contribution in [2.45, 2.75) is 0 Å². The minimum absolute atomic E-state index is 0. The Hall–Kier alpha value is 1.71. The van der Waals surface area contributed by atoms with Crippen LogP contribution in [0.25, 0.3) is 0 Å². The molecule has 1 N–H and O–H groups in total. The van der Waals surface area contributed by atoms with Crippen LogP contribution >= 0.6 is 0 Å². The molecule has 0 saturated carbocycles. The van der Waals surface area contributed by atoms with E-state index < -0.39 is 17.0 Å². The SMILES string of the molecule is O=S([O-])CO.[K+]. The molecule has 0 aliphatic carbocycles. The Morgan fingerprint density at radius 2 is 2.00 bits per heavy atom. The summed E-state index contributed by atoms with van der Waals surface area (Å²) in [7, 11) is 0. The summed E-state index contributed by atoms with van der Waals surface area (Å²) in [4.78, 5) is 0. The van der Waals surface area contributed by atoms with Gasteiger partial charge in [0.1, 0.15) is 5.94 Å². The summed E-state index contributed by atoms with van der Waals surface area (Å²) in [6.45, 7) is 0. The maximum atomic E-state index is 9.12. The third-order valence-corrected chi connectivity index (χ3v) is 0.316. The maximum Gasteiger partial charge on any atom is 1.00 e. The average molecular weight is 134 g/mol. The van der Waals surface area contributed by atoms with Gasteiger partial charge in [-0.05, 0) is 11.1 Å². The number of aliphatic hydroxyl groups excluding tert-OH is 1. The van der Waals surface area contributed by atoms with Gasteiger partial charge < -0.3 is 9.66 Å². The van der Waals surface area contributed by atoms with E-state index in [1.807, 2.05) is 0 Å². The van der Waals surface area contributed by atoms with E-state index in [1.165, 1.54) is 0 Å². The van der Waals surface area contributed by atoms with E-state index in [9.17, 15) is 0 Å². The first-order chi connectivity index (χ1) is 2.27. The molecule has 0 rings (SSSR count). The Balaban J connectivity index is 0. The minimum atomic E-state index is -2.27. The Morgan fingerprint density at radius 3 is 2.00 bits per heavy atom. The van der Waals surface area contributed by atoms with E-state index >= 15 is 0 Å². The van der Waals surface area contributed by atoms with Crippen molar-refractivity contribution in [2.75, 3.05) is 5.94 Å². The van der Waals surface area contributed by atoms with Crippen LogP contribution in [-0.2, 0) is 11.1 Å². The zero-order valence-corrected chi connectivity index (χ0v) is 7.32. The average Bonchev–Trinajstić information content (AvgIpc) is 1.38. The maximum absolute atomic E-state index is 9.12. The van der Waals surface area contributed by atoms with Gasteiger partial charge in [0.15, 0.2) is 0 Å². The Labute approximate surface area is 80.8 Å². The van der Waals surface area contributed by atoms with E-state index in [0.29, 0.717) is 0 Å². The minimum Gasteiger partial charge on any atom is -0.771 e. The molecule has 0 aliphatic rings. The molecule has 0 radical (unpaired) electrons. The standard InChI is InChI=1S/CH4O3S.K/c2-1-5(3)4;/h2H,1H2,(H,3,4);/q;+1/p-1. The number of rotatable bonds is 1. The topological polar surface area (TPSA) is 60.4 Å². The molecule has 0 aromatic heterocycles. The van der Waals surface area contributed by atoms with Crippen LogP contribution in [0.2, 0.25) is 0 Å². The Kier molecular flexibility index (Phi) is 11.9. The van der Waals surface area contributed by atoms with Crippen molar-refractivity contribution in [3.8, 4) is 0 Å². The van der Waals surface area contributed by atoms with E-state index in [0.717, 1.165) is 0 Å². The monoisotopic (exact) mass is 134 g/mol. The number of aliphatic hydroxyl groups is 1. The zero-order chi connectivity index (χ0) is 4.28. The smallest absolute Gasteiger partial charge is 0.771 e. The van der Waals surface area contributed by atoms with Crippen LogP contribution in [-0.4, -0.2) is 19.8 Å². The molecule has 5 heteroatoms. The second-order valence-electron chi connectivity index (χ2n) is 0.433. The van der Waals surface area contributed by atoms with Gasteiger partial charge in [-0.2, -0.15) is 0 Å². The molecular formula is CH3KO3S. The molecule has 0 aromatic carbocycles. The summed E-state index contributed by atoms with van der Waals surface area (Å²) in [5.41, 5.74) is 0. The first kappa shape index (κ1) is 10.6. The second kappa shape index (κ2) is 6.71. The molecule has 0 spiro atoms. The fourth-order valence-electron chi connectivity index (χ4n) is 0. The van der Waals surface area contributed by atoms with Gasteiger partial charge in [0.25, 0.3) is 0 Å². The van der Waals surface area contributed by atoms with Crippen LogP contribution in [0, 0.1) is 0 Å². The summed E-state index contributed by atoms with van der Waals surface area (Å²) in [6.07, 6.45) is 0. The van der Waals surface area contributed by atoms with Crippen molar-refractivity contribution in [1.29, 1.82) is 0 Å². The summed E-state index contributed by atoms with van der Waals surface area (Å²) >= 11 is -2.27. The fourth-order valence-corrected chi connectivity index (χ4v) is 0. The molecule has 32 valence electrons. The van der Waals surface area contributed by atoms with Gasteiger partial charge in [-0.15, -0.1) is 0 Å². The Bertz CT molecular complexity index is 46.1. The van der Waals surface area contributed by atoms with E-state index in [1.54, 1.807) is 0 Å². The van der Waals surface area contributed by atoms with Crippen LogP contribution < -0.4 is 51.4 Å². The van der Waals surface area contributed by atoms with Crippen molar-refractivity contribution in [3.05, 3.63) is 0 Å². The van der Waals surface area contributed by atoms with Crippen molar-refractivity contribution in [2.24, 2.45) is 0 Å². The van der Waals surface area contributed by atoms with Crippen LogP contribution in [0.15, 0.2) is 0 Å². The van der Waals surface area contributed by atoms with Gasteiger partial charge >= 0.3 is 51.4 Å². The van der Waals surface area contributed by atoms with E-state index in [-0.39, 0.29) is 51.4 Å². The second-order valence-corrected chi connectivity index (χ2v) is 1.30. The largest absolute Gasteiger partial charge is 1.00 e. The first-order valence-electron chi connectivity index (χ1n) is 0.938. The third kappa shape index (κ3) is 9.20. The summed E-state index contributed by atoms with van der Waals surface area (Å²) in [5.74, 6) is -0.778. The molecule has 0 aromatic rings. The number of hydrogen-bond acceptors (Lipinski definition) is 3. The van der Waals surface area contributed by atoms with Gasteiger partial charge in [-0.25, -0.2) is 0 Å².